The van der Waals surface area contributed by atoms with E-state index in [4.69, 9.17) is 0 Å². The molecule has 0 radical (unpaired) electrons. The normalized spacial score (nSPS) is 12.2. The second kappa shape index (κ2) is 6.83. The van der Waals surface area contributed by atoms with E-state index in [1.807, 2.05) is 6.08 Å². The van der Waals surface area contributed by atoms with Crippen LogP contribution in [0.3, 0.4) is 0 Å². The zero-order chi connectivity index (χ0) is 14.4. The summed E-state index contributed by atoms with van der Waals surface area (Å²) in [6.07, 6.45) is 4.94. The molecule has 2 aromatic carbocycles. The zero-order valence-electron chi connectivity index (χ0n) is 12.0. The molecule has 1 N–H and O–H groups in total. The van der Waals surface area contributed by atoms with Crippen molar-refractivity contribution in [1.82, 2.24) is 0 Å². The molecule has 0 aromatic heterocycles. The van der Waals surface area contributed by atoms with Crippen molar-refractivity contribution in [2.75, 3.05) is 6.16 Å². The van der Waals surface area contributed by atoms with Crippen molar-refractivity contribution in [2.24, 2.45) is 0 Å². The second-order valence-electron chi connectivity index (χ2n) is 5.34. The van der Waals surface area contributed by atoms with Crippen molar-refractivity contribution in [2.45, 2.75) is 19.4 Å². The van der Waals surface area contributed by atoms with Gasteiger partial charge in [0.25, 0.3) is 0 Å². The molecule has 2 rings (SSSR count). The first-order valence-corrected chi connectivity index (χ1v) is 8.37. The van der Waals surface area contributed by atoms with Gasteiger partial charge in [-0.3, -0.25) is 0 Å². The standard InChI is InChI=1S/C18H21OP/c1-18(2,19)14-9-15-20(16-10-5-3-6-11-16)17-12-7-4-8-13-17/h3-14,19H,15H2,1-2H3/b14-9-. The van der Waals surface area contributed by atoms with Gasteiger partial charge in [-0.25, -0.2) is 0 Å². The molecule has 20 heavy (non-hydrogen) atoms. The van der Waals surface area contributed by atoms with Crippen molar-refractivity contribution in [1.29, 1.82) is 0 Å². The lowest BCUT2D eigenvalue weighted by Gasteiger charge is -2.18. The van der Waals surface area contributed by atoms with Crippen molar-refractivity contribution in [3.63, 3.8) is 0 Å². The first-order chi connectivity index (χ1) is 9.56. The average Bonchev–Trinajstić information content (AvgIpc) is 2.44. The van der Waals surface area contributed by atoms with E-state index in [1.165, 1.54) is 10.6 Å². The SMILES string of the molecule is CC(C)(O)/C=C\CP(c1ccccc1)c1ccccc1. The van der Waals surface area contributed by atoms with E-state index in [1.54, 1.807) is 13.8 Å². The molecule has 0 saturated heterocycles. The molecular weight excluding hydrogens is 263 g/mol. The number of hydrogen-bond donors (Lipinski definition) is 1. The van der Waals surface area contributed by atoms with E-state index in [2.05, 4.69) is 66.7 Å². The minimum Gasteiger partial charge on any atom is -0.386 e. The van der Waals surface area contributed by atoms with E-state index in [9.17, 15) is 5.11 Å². The molecule has 0 fully saturated rings. The maximum atomic E-state index is 9.79. The third-order valence-electron chi connectivity index (χ3n) is 2.95. The molecule has 0 heterocycles. The summed E-state index contributed by atoms with van der Waals surface area (Å²) in [7, 11) is -0.402. The fourth-order valence-electron chi connectivity index (χ4n) is 2.02. The van der Waals surface area contributed by atoms with Crippen LogP contribution in [0.2, 0.25) is 0 Å². The van der Waals surface area contributed by atoms with E-state index in [0.717, 1.165) is 6.16 Å². The number of aliphatic hydroxyl groups is 1. The van der Waals surface area contributed by atoms with Gasteiger partial charge in [0, 0.05) is 0 Å². The van der Waals surface area contributed by atoms with Crippen LogP contribution in [-0.2, 0) is 0 Å². The predicted molar refractivity (Wildman–Crippen MR) is 89.4 cm³/mol. The molecule has 104 valence electrons. The number of hydrogen-bond acceptors (Lipinski definition) is 1. The molecule has 0 aliphatic heterocycles. The molecule has 0 unspecified atom stereocenters. The molecule has 0 spiro atoms. The van der Waals surface area contributed by atoms with E-state index < -0.39 is 13.5 Å². The van der Waals surface area contributed by atoms with E-state index in [0.29, 0.717) is 0 Å². The van der Waals surface area contributed by atoms with Crippen LogP contribution >= 0.6 is 7.92 Å². The van der Waals surface area contributed by atoms with Crippen molar-refractivity contribution in [3.05, 3.63) is 72.8 Å². The highest BCUT2D eigenvalue weighted by Gasteiger charge is 2.12. The van der Waals surface area contributed by atoms with Crippen molar-refractivity contribution in [3.8, 4) is 0 Å². The van der Waals surface area contributed by atoms with Gasteiger partial charge in [-0.1, -0.05) is 72.8 Å². The highest BCUT2D eigenvalue weighted by Crippen LogP contribution is 2.33. The van der Waals surface area contributed by atoms with Crippen LogP contribution in [-0.4, -0.2) is 16.9 Å². The highest BCUT2D eigenvalue weighted by molar-refractivity contribution is 7.73. The fraction of sp³-hybridized carbons (Fsp3) is 0.222. The van der Waals surface area contributed by atoms with Gasteiger partial charge in [-0.05, 0) is 38.5 Å². The lowest BCUT2D eigenvalue weighted by atomic mass is 10.1. The van der Waals surface area contributed by atoms with Crippen molar-refractivity contribution >= 4 is 18.5 Å². The first-order valence-electron chi connectivity index (χ1n) is 6.84. The Bertz CT molecular complexity index is 501. The highest BCUT2D eigenvalue weighted by atomic mass is 31.1. The maximum Gasteiger partial charge on any atom is 0.0771 e. The first kappa shape index (κ1) is 15.0. The third-order valence-corrected chi connectivity index (χ3v) is 5.37. The molecular formula is C18H21OP. The molecule has 0 atom stereocenters. The van der Waals surface area contributed by atoms with Gasteiger partial charge < -0.3 is 5.11 Å². The Kier molecular flexibility index (Phi) is 5.11. The topological polar surface area (TPSA) is 20.2 Å². The smallest absolute Gasteiger partial charge is 0.0771 e. The summed E-state index contributed by atoms with van der Waals surface area (Å²) in [5.41, 5.74) is -0.742. The van der Waals surface area contributed by atoms with Crippen LogP contribution in [0.1, 0.15) is 13.8 Å². The summed E-state index contributed by atoms with van der Waals surface area (Å²) < 4.78 is 0. The second-order valence-corrected chi connectivity index (χ2v) is 7.59. The molecule has 0 saturated carbocycles. The van der Waals surface area contributed by atoms with Crippen LogP contribution in [0.25, 0.3) is 0 Å². The van der Waals surface area contributed by atoms with Crippen LogP contribution < -0.4 is 10.6 Å². The molecule has 1 nitrogen and oxygen atoms in total. The average molecular weight is 284 g/mol. The van der Waals surface area contributed by atoms with Gasteiger partial charge in [0.15, 0.2) is 0 Å². The Hall–Kier alpha value is -1.43. The summed E-state index contributed by atoms with van der Waals surface area (Å²) in [5.74, 6) is 0. The van der Waals surface area contributed by atoms with Gasteiger partial charge in [0.1, 0.15) is 0 Å². The minimum absolute atomic E-state index is 0.402. The molecule has 0 amide bonds. The van der Waals surface area contributed by atoms with Crippen LogP contribution in [0.4, 0.5) is 0 Å². The maximum absolute atomic E-state index is 9.79. The van der Waals surface area contributed by atoms with Crippen LogP contribution in [0.5, 0.6) is 0 Å². The monoisotopic (exact) mass is 284 g/mol. The largest absolute Gasteiger partial charge is 0.386 e. The van der Waals surface area contributed by atoms with E-state index in [-0.39, 0.29) is 0 Å². The van der Waals surface area contributed by atoms with Crippen molar-refractivity contribution < 1.29 is 5.11 Å². The number of benzene rings is 2. The number of rotatable bonds is 5. The molecule has 0 aliphatic rings. The summed E-state index contributed by atoms with van der Waals surface area (Å²) >= 11 is 0. The summed E-state index contributed by atoms with van der Waals surface area (Å²) in [6, 6.07) is 21.2. The molecule has 2 heteroatoms. The summed E-state index contributed by atoms with van der Waals surface area (Å²) in [5, 5.41) is 12.5. The quantitative estimate of drug-likeness (QED) is 0.658. The summed E-state index contributed by atoms with van der Waals surface area (Å²) in [6.45, 7) is 3.60. The zero-order valence-corrected chi connectivity index (χ0v) is 12.9. The molecule has 0 bridgehead atoms. The predicted octanol–water partition coefficient (Wildman–Crippen LogP) is 3.45. The number of allylic oxidation sites excluding steroid dienone is 1. The van der Waals surface area contributed by atoms with Gasteiger partial charge in [-0.2, -0.15) is 0 Å². The Labute approximate surface area is 122 Å². The van der Waals surface area contributed by atoms with Crippen LogP contribution in [0.15, 0.2) is 72.8 Å². The Morgan fingerprint density at radius 1 is 0.900 bits per heavy atom. The molecule has 2 aromatic rings. The Balaban J connectivity index is 2.24. The molecule has 0 aliphatic carbocycles. The van der Waals surface area contributed by atoms with Gasteiger partial charge in [0.05, 0.1) is 5.60 Å². The third kappa shape index (κ3) is 4.59. The lowest BCUT2D eigenvalue weighted by molar-refractivity contribution is 0.133. The lowest BCUT2D eigenvalue weighted by Crippen LogP contribution is -2.16. The van der Waals surface area contributed by atoms with Crippen LogP contribution in [0, 0.1) is 0 Å². The summed E-state index contributed by atoms with van der Waals surface area (Å²) in [4.78, 5) is 0. The Morgan fingerprint density at radius 2 is 1.35 bits per heavy atom. The van der Waals surface area contributed by atoms with E-state index >= 15 is 0 Å². The fourth-order valence-corrected chi connectivity index (χ4v) is 4.12. The van der Waals surface area contributed by atoms with Gasteiger partial charge in [0.2, 0.25) is 0 Å². The van der Waals surface area contributed by atoms with Gasteiger partial charge in [-0.15, -0.1) is 0 Å². The van der Waals surface area contributed by atoms with Gasteiger partial charge >= 0.3 is 0 Å². The Morgan fingerprint density at radius 3 is 1.75 bits per heavy atom. The minimum atomic E-state index is -0.742.